The van der Waals surface area contributed by atoms with Crippen LogP contribution in [0.4, 0.5) is 0 Å². The van der Waals surface area contributed by atoms with E-state index in [0.717, 1.165) is 29.9 Å². The maximum atomic E-state index is 12.9. The van der Waals surface area contributed by atoms with Crippen LogP contribution in [-0.4, -0.2) is 26.8 Å². The third-order valence-corrected chi connectivity index (χ3v) is 4.71. The van der Waals surface area contributed by atoms with Gasteiger partial charge in [-0.3, -0.25) is 4.79 Å². The van der Waals surface area contributed by atoms with E-state index in [-0.39, 0.29) is 11.6 Å². The molecule has 0 radical (unpaired) electrons. The zero-order chi connectivity index (χ0) is 18.8. The first-order valence-electron chi connectivity index (χ1n) is 9.23. The molecule has 1 fully saturated rings. The summed E-state index contributed by atoms with van der Waals surface area (Å²) in [6.45, 7) is 2.64. The molecule has 0 bridgehead atoms. The van der Waals surface area contributed by atoms with Crippen LogP contribution in [-0.2, 0) is 6.54 Å². The highest BCUT2D eigenvalue weighted by Gasteiger charge is 2.31. The van der Waals surface area contributed by atoms with Crippen molar-refractivity contribution >= 4 is 5.91 Å². The smallest absolute Gasteiger partial charge is 0.350 e. The Balaban J connectivity index is 1.50. The van der Waals surface area contributed by atoms with Crippen molar-refractivity contribution in [2.24, 2.45) is 0 Å². The summed E-state index contributed by atoms with van der Waals surface area (Å²) in [4.78, 5) is 25.1. The maximum absolute atomic E-state index is 12.9. The molecular weight excluding hydrogens is 340 g/mol. The number of benzene rings is 2. The molecule has 0 saturated heterocycles. The Labute approximate surface area is 157 Å². The third kappa shape index (κ3) is 3.69. The molecule has 1 heterocycles. The van der Waals surface area contributed by atoms with E-state index in [1.807, 2.05) is 55.5 Å². The second-order valence-corrected chi connectivity index (χ2v) is 6.93. The van der Waals surface area contributed by atoms with Crippen LogP contribution in [0.15, 0.2) is 59.4 Å². The standard InChI is InChI=1S/C21H22N4O2/c1-15-6-5-7-17(14-15)20(26)22-12-13-24-21(27)25(18-8-3-2-4-9-18)19(23-24)16-10-11-16/h2-9,14,16H,10-13H2,1H3,(H,22,26). The zero-order valence-corrected chi connectivity index (χ0v) is 15.3. The largest absolute Gasteiger partial charge is 0.350 e. The molecule has 1 aromatic heterocycles. The molecule has 6 nitrogen and oxygen atoms in total. The van der Waals surface area contributed by atoms with Crippen molar-refractivity contribution in [3.63, 3.8) is 0 Å². The molecule has 4 rings (SSSR count). The molecule has 27 heavy (non-hydrogen) atoms. The minimum Gasteiger partial charge on any atom is -0.350 e. The van der Waals surface area contributed by atoms with Crippen molar-refractivity contribution in [2.45, 2.75) is 32.2 Å². The van der Waals surface area contributed by atoms with Gasteiger partial charge in [0.05, 0.1) is 12.2 Å². The summed E-state index contributed by atoms with van der Waals surface area (Å²) in [6.07, 6.45) is 2.13. The van der Waals surface area contributed by atoms with Gasteiger partial charge in [-0.15, -0.1) is 0 Å². The summed E-state index contributed by atoms with van der Waals surface area (Å²) in [5.74, 6) is 1.02. The molecule has 3 aromatic rings. The molecule has 0 aliphatic heterocycles. The molecule has 1 aliphatic carbocycles. The lowest BCUT2D eigenvalue weighted by molar-refractivity contribution is 0.0951. The van der Waals surface area contributed by atoms with Crippen molar-refractivity contribution < 1.29 is 4.79 Å². The number of nitrogens with zero attached hydrogens (tertiary/aromatic N) is 3. The van der Waals surface area contributed by atoms with E-state index in [4.69, 9.17) is 0 Å². The molecule has 0 atom stereocenters. The van der Waals surface area contributed by atoms with Gasteiger partial charge in [-0.1, -0.05) is 35.9 Å². The highest BCUT2D eigenvalue weighted by atomic mass is 16.2. The molecule has 1 amide bonds. The fourth-order valence-electron chi connectivity index (χ4n) is 3.16. The van der Waals surface area contributed by atoms with Gasteiger partial charge >= 0.3 is 5.69 Å². The van der Waals surface area contributed by atoms with Gasteiger partial charge in [-0.25, -0.2) is 14.0 Å². The van der Waals surface area contributed by atoms with Crippen LogP contribution in [0.25, 0.3) is 5.69 Å². The summed E-state index contributed by atoms with van der Waals surface area (Å²) >= 11 is 0. The minimum absolute atomic E-state index is 0.142. The summed E-state index contributed by atoms with van der Waals surface area (Å²) in [5, 5.41) is 7.41. The summed E-state index contributed by atoms with van der Waals surface area (Å²) in [6, 6.07) is 17.0. The van der Waals surface area contributed by atoms with Crippen molar-refractivity contribution in [1.82, 2.24) is 19.7 Å². The van der Waals surface area contributed by atoms with Gasteiger partial charge < -0.3 is 5.32 Å². The lowest BCUT2D eigenvalue weighted by Gasteiger charge is -2.05. The van der Waals surface area contributed by atoms with Crippen LogP contribution in [0.1, 0.15) is 40.5 Å². The Bertz CT molecular complexity index is 1020. The summed E-state index contributed by atoms with van der Waals surface area (Å²) < 4.78 is 3.15. The van der Waals surface area contributed by atoms with E-state index in [1.54, 1.807) is 10.6 Å². The molecular formula is C21H22N4O2. The Morgan fingerprint density at radius 3 is 2.63 bits per heavy atom. The Hall–Kier alpha value is -3.15. The average molecular weight is 362 g/mol. The Kier molecular flexibility index (Phi) is 4.62. The number of aromatic nitrogens is 3. The molecule has 138 valence electrons. The van der Waals surface area contributed by atoms with Crippen LogP contribution in [0.3, 0.4) is 0 Å². The van der Waals surface area contributed by atoms with Gasteiger partial charge in [-0.2, -0.15) is 5.10 Å². The monoisotopic (exact) mass is 362 g/mol. The number of hydrogen-bond acceptors (Lipinski definition) is 3. The van der Waals surface area contributed by atoms with E-state index in [9.17, 15) is 9.59 Å². The number of nitrogens with one attached hydrogen (secondary N) is 1. The van der Waals surface area contributed by atoms with Gasteiger partial charge in [0.1, 0.15) is 5.82 Å². The lowest BCUT2D eigenvalue weighted by Crippen LogP contribution is -2.32. The van der Waals surface area contributed by atoms with Crippen molar-refractivity contribution in [1.29, 1.82) is 0 Å². The first-order chi connectivity index (χ1) is 13.1. The van der Waals surface area contributed by atoms with Gasteiger partial charge in [0.2, 0.25) is 0 Å². The second-order valence-electron chi connectivity index (χ2n) is 6.93. The van der Waals surface area contributed by atoms with E-state index in [1.165, 1.54) is 4.68 Å². The van der Waals surface area contributed by atoms with Crippen LogP contribution >= 0.6 is 0 Å². The highest BCUT2D eigenvalue weighted by Crippen LogP contribution is 2.39. The van der Waals surface area contributed by atoms with Crippen LogP contribution < -0.4 is 11.0 Å². The third-order valence-electron chi connectivity index (χ3n) is 4.71. The number of aryl methyl sites for hydroxylation is 1. The molecule has 6 heteroatoms. The van der Waals surface area contributed by atoms with Crippen LogP contribution in [0, 0.1) is 6.92 Å². The summed E-state index contributed by atoms with van der Waals surface area (Å²) in [5.41, 5.74) is 2.33. The molecule has 0 unspecified atom stereocenters. The fraction of sp³-hybridized carbons (Fsp3) is 0.286. The highest BCUT2D eigenvalue weighted by molar-refractivity contribution is 5.94. The Morgan fingerprint density at radius 1 is 1.15 bits per heavy atom. The second kappa shape index (κ2) is 7.23. The first kappa shape index (κ1) is 17.3. The number of carbonyl (C=O) groups is 1. The molecule has 0 spiro atoms. The quantitative estimate of drug-likeness (QED) is 0.733. The predicted octanol–water partition coefficient (Wildman–Crippen LogP) is 2.65. The number of carbonyl (C=O) groups excluding carboxylic acids is 1. The molecule has 1 N–H and O–H groups in total. The molecule has 1 saturated carbocycles. The normalized spacial score (nSPS) is 13.5. The average Bonchev–Trinajstić information content (AvgIpc) is 3.47. The molecule has 2 aromatic carbocycles. The van der Waals surface area contributed by atoms with E-state index in [0.29, 0.717) is 24.6 Å². The SMILES string of the molecule is Cc1cccc(C(=O)NCCn2nc(C3CC3)n(-c3ccccc3)c2=O)c1. The fourth-order valence-corrected chi connectivity index (χ4v) is 3.16. The number of hydrogen-bond donors (Lipinski definition) is 1. The van der Waals surface area contributed by atoms with E-state index >= 15 is 0 Å². The minimum atomic E-state index is -0.159. The predicted molar refractivity (Wildman–Crippen MR) is 103 cm³/mol. The summed E-state index contributed by atoms with van der Waals surface area (Å²) in [7, 11) is 0. The van der Waals surface area contributed by atoms with Crippen molar-refractivity contribution in [3.8, 4) is 5.69 Å². The van der Waals surface area contributed by atoms with E-state index in [2.05, 4.69) is 10.4 Å². The van der Waals surface area contributed by atoms with Gasteiger partial charge in [-0.05, 0) is 44.0 Å². The number of amides is 1. The number of rotatable bonds is 6. The van der Waals surface area contributed by atoms with Crippen molar-refractivity contribution in [2.75, 3.05) is 6.54 Å². The topological polar surface area (TPSA) is 68.9 Å². The first-order valence-corrected chi connectivity index (χ1v) is 9.23. The van der Waals surface area contributed by atoms with E-state index < -0.39 is 0 Å². The van der Waals surface area contributed by atoms with Crippen molar-refractivity contribution in [3.05, 3.63) is 82.0 Å². The van der Waals surface area contributed by atoms with Gasteiger partial charge in [0.25, 0.3) is 5.91 Å². The number of para-hydroxylation sites is 1. The van der Waals surface area contributed by atoms with Crippen LogP contribution in [0.5, 0.6) is 0 Å². The van der Waals surface area contributed by atoms with Gasteiger partial charge in [0.15, 0.2) is 0 Å². The molecule has 1 aliphatic rings. The zero-order valence-electron chi connectivity index (χ0n) is 15.3. The maximum Gasteiger partial charge on any atom is 0.350 e. The van der Waals surface area contributed by atoms with Gasteiger partial charge in [0, 0.05) is 18.0 Å². The Morgan fingerprint density at radius 2 is 1.93 bits per heavy atom. The lowest BCUT2D eigenvalue weighted by atomic mass is 10.1. The van der Waals surface area contributed by atoms with Crippen LogP contribution in [0.2, 0.25) is 0 Å².